The van der Waals surface area contributed by atoms with Gasteiger partial charge in [-0.05, 0) is 44.9 Å². The predicted molar refractivity (Wildman–Crippen MR) is 81.5 cm³/mol. The standard InChI is InChI=1S/C17H34O2/c1-6-8-9-16(7-2)12-18-14(4)13(3)10-11-17-15(5)19-17/h13-17H,6-12H2,1-5H3/t13?,14?,15?,16?,17-/m1/s1. The van der Waals surface area contributed by atoms with E-state index in [1.165, 1.54) is 38.5 Å². The molecule has 0 spiro atoms. The van der Waals surface area contributed by atoms with Gasteiger partial charge in [0.15, 0.2) is 0 Å². The molecule has 4 unspecified atom stereocenters. The van der Waals surface area contributed by atoms with Crippen molar-refractivity contribution in [3.05, 3.63) is 0 Å². The molecule has 0 bridgehead atoms. The summed E-state index contributed by atoms with van der Waals surface area (Å²) >= 11 is 0. The molecule has 2 heteroatoms. The Hall–Kier alpha value is -0.0800. The van der Waals surface area contributed by atoms with E-state index in [9.17, 15) is 0 Å². The molecule has 0 aromatic heterocycles. The van der Waals surface area contributed by atoms with Gasteiger partial charge in [-0.1, -0.05) is 40.0 Å². The second-order valence-electron chi connectivity index (χ2n) is 6.39. The van der Waals surface area contributed by atoms with E-state index in [1.807, 2.05) is 0 Å². The smallest absolute Gasteiger partial charge is 0.0839 e. The van der Waals surface area contributed by atoms with Crippen LogP contribution in [0, 0.1) is 11.8 Å². The monoisotopic (exact) mass is 270 g/mol. The summed E-state index contributed by atoms with van der Waals surface area (Å²) in [6, 6.07) is 0. The zero-order valence-electron chi connectivity index (χ0n) is 13.7. The summed E-state index contributed by atoms with van der Waals surface area (Å²) in [5.41, 5.74) is 0. The Balaban J connectivity index is 2.11. The maximum absolute atomic E-state index is 6.09. The molecule has 114 valence electrons. The molecule has 0 amide bonds. The maximum Gasteiger partial charge on any atom is 0.0839 e. The SMILES string of the molecule is CCCCC(CC)COC(C)C(C)CC[C@H]1OC1C. The molecular formula is C17H34O2. The van der Waals surface area contributed by atoms with E-state index in [0.717, 1.165) is 12.5 Å². The molecule has 1 rings (SSSR count). The largest absolute Gasteiger partial charge is 0.378 e. The van der Waals surface area contributed by atoms with Crippen molar-refractivity contribution >= 4 is 0 Å². The van der Waals surface area contributed by atoms with Crippen LogP contribution >= 0.6 is 0 Å². The first kappa shape index (κ1) is 17.0. The molecule has 0 aromatic carbocycles. The molecule has 1 aliphatic heterocycles. The highest BCUT2D eigenvalue weighted by atomic mass is 16.6. The van der Waals surface area contributed by atoms with Gasteiger partial charge >= 0.3 is 0 Å². The van der Waals surface area contributed by atoms with Crippen molar-refractivity contribution in [3.63, 3.8) is 0 Å². The Bertz CT molecular complexity index is 229. The number of epoxide rings is 1. The number of hydrogen-bond acceptors (Lipinski definition) is 2. The number of hydrogen-bond donors (Lipinski definition) is 0. The van der Waals surface area contributed by atoms with E-state index in [4.69, 9.17) is 9.47 Å². The van der Waals surface area contributed by atoms with Crippen LogP contribution in [0.2, 0.25) is 0 Å². The summed E-state index contributed by atoms with van der Waals surface area (Å²) in [6.07, 6.45) is 9.03. The van der Waals surface area contributed by atoms with Crippen LogP contribution in [0.5, 0.6) is 0 Å². The summed E-state index contributed by atoms with van der Waals surface area (Å²) in [7, 11) is 0. The third-order valence-corrected chi connectivity index (χ3v) is 4.68. The lowest BCUT2D eigenvalue weighted by atomic mass is 9.97. The second kappa shape index (κ2) is 8.97. The van der Waals surface area contributed by atoms with Crippen molar-refractivity contribution in [2.75, 3.05) is 6.61 Å². The van der Waals surface area contributed by atoms with Crippen molar-refractivity contribution < 1.29 is 9.47 Å². The summed E-state index contributed by atoms with van der Waals surface area (Å²) in [4.78, 5) is 0. The summed E-state index contributed by atoms with van der Waals surface area (Å²) in [5, 5.41) is 0. The quantitative estimate of drug-likeness (QED) is 0.502. The molecule has 0 aliphatic carbocycles. The van der Waals surface area contributed by atoms with Crippen LogP contribution in [-0.2, 0) is 9.47 Å². The topological polar surface area (TPSA) is 21.8 Å². The van der Waals surface area contributed by atoms with Crippen LogP contribution in [-0.4, -0.2) is 24.9 Å². The first-order valence-electron chi connectivity index (χ1n) is 8.35. The van der Waals surface area contributed by atoms with Crippen LogP contribution < -0.4 is 0 Å². The Morgan fingerprint density at radius 1 is 1.16 bits per heavy atom. The normalized spacial score (nSPS) is 27.0. The van der Waals surface area contributed by atoms with Gasteiger partial charge in [0.1, 0.15) is 0 Å². The zero-order valence-corrected chi connectivity index (χ0v) is 13.7. The molecule has 2 nitrogen and oxygen atoms in total. The van der Waals surface area contributed by atoms with Gasteiger partial charge in [0, 0.05) is 6.61 Å². The molecule has 0 N–H and O–H groups in total. The molecule has 0 saturated carbocycles. The molecule has 1 saturated heterocycles. The van der Waals surface area contributed by atoms with Crippen LogP contribution in [0.3, 0.4) is 0 Å². The van der Waals surface area contributed by atoms with E-state index in [1.54, 1.807) is 0 Å². The van der Waals surface area contributed by atoms with Crippen molar-refractivity contribution in [2.45, 2.75) is 91.5 Å². The fourth-order valence-corrected chi connectivity index (χ4v) is 2.55. The molecular weight excluding hydrogens is 236 g/mol. The first-order valence-corrected chi connectivity index (χ1v) is 8.35. The number of rotatable bonds is 11. The molecule has 1 heterocycles. The third-order valence-electron chi connectivity index (χ3n) is 4.68. The van der Waals surface area contributed by atoms with E-state index < -0.39 is 0 Å². The lowest BCUT2D eigenvalue weighted by molar-refractivity contribution is 0.00369. The van der Waals surface area contributed by atoms with E-state index >= 15 is 0 Å². The molecule has 19 heavy (non-hydrogen) atoms. The number of unbranched alkanes of at least 4 members (excludes halogenated alkanes) is 1. The van der Waals surface area contributed by atoms with Crippen molar-refractivity contribution in [3.8, 4) is 0 Å². The van der Waals surface area contributed by atoms with Crippen molar-refractivity contribution in [1.82, 2.24) is 0 Å². The van der Waals surface area contributed by atoms with Gasteiger partial charge in [0.05, 0.1) is 18.3 Å². The average molecular weight is 270 g/mol. The van der Waals surface area contributed by atoms with Crippen molar-refractivity contribution in [1.29, 1.82) is 0 Å². The minimum Gasteiger partial charge on any atom is -0.378 e. The van der Waals surface area contributed by atoms with Gasteiger partial charge in [-0.2, -0.15) is 0 Å². The molecule has 5 atom stereocenters. The Morgan fingerprint density at radius 2 is 1.84 bits per heavy atom. The summed E-state index contributed by atoms with van der Waals surface area (Å²) in [5.74, 6) is 1.39. The van der Waals surface area contributed by atoms with E-state index in [-0.39, 0.29) is 0 Å². The molecule has 0 aromatic rings. The van der Waals surface area contributed by atoms with Gasteiger partial charge in [0.2, 0.25) is 0 Å². The van der Waals surface area contributed by atoms with E-state index in [0.29, 0.717) is 24.2 Å². The Labute approximate surface area is 120 Å². The van der Waals surface area contributed by atoms with Gasteiger partial charge in [-0.25, -0.2) is 0 Å². The van der Waals surface area contributed by atoms with Crippen LogP contribution in [0.15, 0.2) is 0 Å². The molecule has 1 aliphatic rings. The van der Waals surface area contributed by atoms with Gasteiger partial charge in [-0.3, -0.25) is 0 Å². The maximum atomic E-state index is 6.09. The minimum absolute atomic E-state index is 0.379. The predicted octanol–water partition coefficient (Wildman–Crippen LogP) is 4.81. The Kier molecular flexibility index (Phi) is 8.01. The highest BCUT2D eigenvalue weighted by Crippen LogP contribution is 2.28. The van der Waals surface area contributed by atoms with Gasteiger partial charge in [0.25, 0.3) is 0 Å². The van der Waals surface area contributed by atoms with Crippen molar-refractivity contribution in [2.24, 2.45) is 11.8 Å². The molecule has 0 radical (unpaired) electrons. The number of ether oxygens (including phenoxy) is 2. The fraction of sp³-hybridized carbons (Fsp3) is 1.00. The van der Waals surface area contributed by atoms with Crippen LogP contribution in [0.25, 0.3) is 0 Å². The lowest BCUT2D eigenvalue weighted by Gasteiger charge is -2.23. The molecule has 1 fully saturated rings. The summed E-state index contributed by atoms with van der Waals surface area (Å²) in [6.45, 7) is 12.2. The highest BCUT2D eigenvalue weighted by molar-refractivity contribution is 4.81. The van der Waals surface area contributed by atoms with Gasteiger partial charge in [-0.15, -0.1) is 0 Å². The summed E-state index contributed by atoms with van der Waals surface area (Å²) < 4.78 is 11.6. The average Bonchev–Trinajstić information content (AvgIpc) is 3.11. The highest BCUT2D eigenvalue weighted by Gasteiger charge is 2.34. The minimum atomic E-state index is 0.379. The lowest BCUT2D eigenvalue weighted by Crippen LogP contribution is -2.22. The van der Waals surface area contributed by atoms with Gasteiger partial charge < -0.3 is 9.47 Å². The van der Waals surface area contributed by atoms with E-state index in [2.05, 4.69) is 34.6 Å². The Morgan fingerprint density at radius 3 is 2.37 bits per heavy atom. The van der Waals surface area contributed by atoms with Crippen LogP contribution in [0.4, 0.5) is 0 Å². The fourth-order valence-electron chi connectivity index (χ4n) is 2.55. The first-order chi connectivity index (χ1) is 9.08. The third kappa shape index (κ3) is 6.76. The van der Waals surface area contributed by atoms with Crippen LogP contribution in [0.1, 0.15) is 73.1 Å². The second-order valence-corrected chi connectivity index (χ2v) is 6.39. The zero-order chi connectivity index (χ0) is 14.3.